The van der Waals surface area contributed by atoms with Gasteiger partial charge in [0.25, 0.3) is 0 Å². The van der Waals surface area contributed by atoms with E-state index in [4.69, 9.17) is 0 Å². The molecule has 0 saturated heterocycles. The van der Waals surface area contributed by atoms with Crippen molar-refractivity contribution in [1.29, 1.82) is 0 Å². The fourth-order valence-corrected chi connectivity index (χ4v) is 2.78. The van der Waals surface area contributed by atoms with E-state index in [1.807, 2.05) is 40.1 Å². The number of carbonyl (C=O) groups excluding carboxylic acids is 1. The topological polar surface area (TPSA) is 44.4 Å². The standard InChI is InChI=1S/C20H27N3O/c1-14-12-15(2)20(16(3)13-14)22-19(24)10-11-21-17-6-8-18(9-7-17)23(4)5/h6-9,12-13,21H,10-11H2,1-5H3,(H,22,24). The summed E-state index contributed by atoms with van der Waals surface area (Å²) >= 11 is 0. The van der Waals surface area contributed by atoms with Crippen molar-refractivity contribution in [2.45, 2.75) is 27.2 Å². The molecule has 0 atom stereocenters. The van der Waals surface area contributed by atoms with Crippen LogP contribution >= 0.6 is 0 Å². The zero-order valence-electron chi connectivity index (χ0n) is 15.2. The number of hydrogen-bond acceptors (Lipinski definition) is 3. The quantitative estimate of drug-likeness (QED) is 0.840. The number of rotatable bonds is 6. The summed E-state index contributed by atoms with van der Waals surface area (Å²) in [4.78, 5) is 14.2. The van der Waals surface area contributed by atoms with E-state index in [1.54, 1.807) is 0 Å². The van der Waals surface area contributed by atoms with Crippen LogP contribution in [0.3, 0.4) is 0 Å². The number of hydrogen-bond donors (Lipinski definition) is 2. The number of nitrogens with zero attached hydrogens (tertiary/aromatic N) is 1. The van der Waals surface area contributed by atoms with E-state index in [1.165, 1.54) is 5.56 Å². The molecule has 1 amide bonds. The van der Waals surface area contributed by atoms with Crippen molar-refractivity contribution in [3.8, 4) is 0 Å². The van der Waals surface area contributed by atoms with E-state index < -0.39 is 0 Å². The first kappa shape index (κ1) is 17.9. The largest absolute Gasteiger partial charge is 0.385 e. The first-order valence-corrected chi connectivity index (χ1v) is 8.26. The molecular formula is C20H27N3O. The Hall–Kier alpha value is -2.49. The zero-order valence-corrected chi connectivity index (χ0v) is 15.2. The molecule has 128 valence electrons. The Balaban J connectivity index is 1.85. The molecule has 0 aromatic heterocycles. The summed E-state index contributed by atoms with van der Waals surface area (Å²) in [5.41, 5.74) is 6.53. The van der Waals surface area contributed by atoms with Gasteiger partial charge >= 0.3 is 0 Å². The van der Waals surface area contributed by atoms with Crippen molar-refractivity contribution in [3.63, 3.8) is 0 Å². The van der Waals surface area contributed by atoms with Gasteiger partial charge in [-0.1, -0.05) is 17.7 Å². The van der Waals surface area contributed by atoms with Crippen LogP contribution in [-0.4, -0.2) is 26.5 Å². The molecule has 0 aliphatic heterocycles. The molecular weight excluding hydrogens is 298 g/mol. The average molecular weight is 325 g/mol. The van der Waals surface area contributed by atoms with Gasteiger partial charge in [0.2, 0.25) is 5.91 Å². The zero-order chi connectivity index (χ0) is 17.7. The maximum Gasteiger partial charge on any atom is 0.226 e. The first-order valence-electron chi connectivity index (χ1n) is 8.26. The molecule has 0 aliphatic rings. The fourth-order valence-electron chi connectivity index (χ4n) is 2.78. The molecule has 0 saturated carbocycles. The summed E-state index contributed by atoms with van der Waals surface area (Å²) < 4.78 is 0. The number of anilines is 3. The maximum absolute atomic E-state index is 12.2. The third kappa shape index (κ3) is 4.75. The number of benzene rings is 2. The minimum absolute atomic E-state index is 0.0301. The maximum atomic E-state index is 12.2. The van der Waals surface area contributed by atoms with Gasteiger partial charge in [0.05, 0.1) is 0 Å². The van der Waals surface area contributed by atoms with Crippen molar-refractivity contribution in [3.05, 3.63) is 53.1 Å². The van der Waals surface area contributed by atoms with Crippen LogP contribution in [0.4, 0.5) is 17.1 Å². The third-order valence-corrected chi connectivity index (χ3v) is 4.01. The summed E-state index contributed by atoms with van der Waals surface area (Å²) in [5, 5.41) is 6.32. The third-order valence-electron chi connectivity index (χ3n) is 4.01. The Morgan fingerprint density at radius 2 is 1.58 bits per heavy atom. The minimum Gasteiger partial charge on any atom is -0.385 e. The molecule has 2 aromatic carbocycles. The van der Waals surface area contributed by atoms with Gasteiger partial charge in [-0.2, -0.15) is 0 Å². The molecule has 4 heteroatoms. The molecule has 2 aromatic rings. The molecule has 0 heterocycles. The van der Waals surface area contributed by atoms with E-state index in [2.05, 4.69) is 46.7 Å². The number of aryl methyl sites for hydroxylation is 3. The van der Waals surface area contributed by atoms with Crippen LogP contribution in [0.15, 0.2) is 36.4 Å². The van der Waals surface area contributed by atoms with Gasteiger partial charge in [-0.3, -0.25) is 4.79 Å². The van der Waals surface area contributed by atoms with Crippen molar-refractivity contribution in [2.24, 2.45) is 0 Å². The average Bonchev–Trinajstić information content (AvgIpc) is 2.51. The number of nitrogens with one attached hydrogen (secondary N) is 2. The molecule has 0 bridgehead atoms. The summed E-state index contributed by atoms with van der Waals surface area (Å²) in [7, 11) is 4.03. The Labute approximate surface area is 144 Å². The van der Waals surface area contributed by atoms with E-state index >= 15 is 0 Å². The molecule has 0 radical (unpaired) electrons. The van der Waals surface area contributed by atoms with Crippen LogP contribution in [0.5, 0.6) is 0 Å². The van der Waals surface area contributed by atoms with Crippen LogP contribution in [0.25, 0.3) is 0 Å². The predicted molar refractivity (Wildman–Crippen MR) is 103 cm³/mol. The molecule has 4 nitrogen and oxygen atoms in total. The van der Waals surface area contributed by atoms with Crippen LogP contribution in [0.2, 0.25) is 0 Å². The highest BCUT2D eigenvalue weighted by Crippen LogP contribution is 2.22. The predicted octanol–water partition coefficient (Wildman–Crippen LogP) is 4.12. The van der Waals surface area contributed by atoms with Gasteiger partial charge in [0, 0.05) is 44.1 Å². The highest BCUT2D eigenvalue weighted by molar-refractivity contribution is 5.92. The molecule has 0 aliphatic carbocycles. The lowest BCUT2D eigenvalue weighted by molar-refractivity contribution is -0.115. The number of amides is 1. The summed E-state index contributed by atoms with van der Waals surface area (Å²) in [6, 6.07) is 12.4. The lowest BCUT2D eigenvalue weighted by Gasteiger charge is -2.14. The second kappa shape index (κ2) is 7.86. The van der Waals surface area contributed by atoms with Gasteiger partial charge in [-0.05, 0) is 56.2 Å². The van der Waals surface area contributed by atoms with E-state index in [0.717, 1.165) is 28.2 Å². The molecule has 0 unspecified atom stereocenters. The fraction of sp³-hybridized carbons (Fsp3) is 0.350. The molecule has 0 spiro atoms. The van der Waals surface area contributed by atoms with Crippen molar-refractivity contribution in [1.82, 2.24) is 0 Å². The minimum atomic E-state index is 0.0301. The highest BCUT2D eigenvalue weighted by atomic mass is 16.1. The molecule has 2 rings (SSSR count). The van der Waals surface area contributed by atoms with Gasteiger partial charge < -0.3 is 15.5 Å². The summed E-state index contributed by atoms with van der Waals surface area (Å²) in [5.74, 6) is 0.0301. The molecule has 0 fully saturated rings. The van der Waals surface area contributed by atoms with Crippen molar-refractivity contribution < 1.29 is 4.79 Å². The molecule has 24 heavy (non-hydrogen) atoms. The van der Waals surface area contributed by atoms with E-state index in [-0.39, 0.29) is 5.91 Å². The van der Waals surface area contributed by atoms with Crippen molar-refractivity contribution in [2.75, 3.05) is 36.2 Å². The van der Waals surface area contributed by atoms with Gasteiger partial charge in [0.1, 0.15) is 0 Å². The Morgan fingerprint density at radius 1 is 1.00 bits per heavy atom. The van der Waals surface area contributed by atoms with Crippen LogP contribution in [0.1, 0.15) is 23.1 Å². The molecule has 2 N–H and O–H groups in total. The van der Waals surface area contributed by atoms with Crippen molar-refractivity contribution >= 4 is 23.0 Å². The van der Waals surface area contributed by atoms with Gasteiger partial charge in [-0.15, -0.1) is 0 Å². The highest BCUT2D eigenvalue weighted by Gasteiger charge is 2.08. The first-order chi connectivity index (χ1) is 11.4. The van der Waals surface area contributed by atoms with E-state index in [0.29, 0.717) is 13.0 Å². The smallest absolute Gasteiger partial charge is 0.226 e. The lowest BCUT2D eigenvalue weighted by atomic mass is 10.1. The van der Waals surface area contributed by atoms with Crippen LogP contribution < -0.4 is 15.5 Å². The second-order valence-electron chi connectivity index (χ2n) is 6.44. The summed E-state index contributed by atoms with van der Waals surface area (Å²) in [6.45, 7) is 6.73. The Kier molecular flexibility index (Phi) is 5.85. The SMILES string of the molecule is Cc1cc(C)c(NC(=O)CCNc2ccc(N(C)C)cc2)c(C)c1. The normalized spacial score (nSPS) is 10.4. The summed E-state index contributed by atoms with van der Waals surface area (Å²) in [6.07, 6.45) is 0.433. The van der Waals surface area contributed by atoms with Gasteiger partial charge in [0.15, 0.2) is 0 Å². The number of carbonyl (C=O) groups is 1. The second-order valence-corrected chi connectivity index (χ2v) is 6.44. The van der Waals surface area contributed by atoms with E-state index in [9.17, 15) is 4.79 Å². The monoisotopic (exact) mass is 325 g/mol. The van der Waals surface area contributed by atoms with Gasteiger partial charge in [-0.25, -0.2) is 0 Å². The van der Waals surface area contributed by atoms with Crippen LogP contribution in [-0.2, 0) is 4.79 Å². The Morgan fingerprint density at radius 3 is 2.12 bits per heavy atom. The Bertz CT molecular complexity index is 682. The lowest BCUT2D eigenvalue weighted by Crippen LogP contribution is -2.17. The van der Waals surface area contributed by atoms with Crippen LogP contribution in [0, 0.1) is 20.8 Å².